The van der Waals surface area contributed by atoms with E-state index >= 15 is 0 Å². The second-order valence-electron chi connectivity index (χ2n) is 4.08. The van der Waals surface area contributed by atoms with Gasteiger partial charge in [0, 0.05) is 17.3 Å². The SMILES string of the molecule is Cc1sc(C(=O)O)cc1S(=O)(=O)N(C)Cc1cscn1. The molecule has 0 bridgehead atoms. The number of thiophene rings is 1. The number of thiazole rings is 1. The second kappa shape index (κ2) is 5.60. The zero-order valence-electron chi connectivity index (χ0n) is 10.7. The molecule has 2 aromatic heterocycles. The van der Waals surface area contributed by atoms with Crippen LogP contribution in [0.5, 0.6) is 0 Å². The van der Waals surface area contributed by atoms with Crippen molar-refractivity contribution < 1.29 is 18.3 Å². The normalized spacial score (nSPS) is 11.9. The molecule has 0 aliphatic carbocycles. The molecule has 0 saturated heterocycles. The molecule has 2 rings (SSSR count). The zero-order valence-corrected chi connectivity index (χ0v) is 13.2. The molecule has 6 nitrogen and oxygen atoms in total. The van der Waals surface area contributed by atoms with Crippen LogP contribution in [0.4, 0.5) is 0 Å². The number of aromatic nitrogens is 1. The van der Waals surface area contributed by atoms with Crippen LogP contribution in [0.25, 0.3) is 0 Å². The summed E-state index contributed by atoms with van der Waals surface area (Å²) in [7, 11) is -2.26. The van der Waals surface area contributed by atoms with Crippen molar-refractivity contribution in [2.24, 2.45) is 0 Å². The molecule has 2 aromatic rings. The van der Waals surface area contributed by atoms with E-state index in [1.807, 2.05) is 0 Å². The largest absolute Gasteiger partial charge is 0.477 e. The molecular weight excluding hydrogens is 320 g/mol. The summed E-state index contributed by atoms with van der Waals surface area (Å²) in [6.07, 6.45) is 0. The number of aryl methyl sites for hydroxylation is 1. The summed E-state index contributed by atoms with van der Waals surface area (Å²) < 4.78 is 26.0. The number of carbonyl (C=O) groups is 1. The molecule has 2 heterocycles. The monoisotopic (exact) mass is 332 g/mol. The van der Waals surface area contributed by atoms with Gasteiger partial charge >= 0.3 is 5.97 Å². The molecule has 0 fully saturated rings. The molecule has 1 N–H and O–H groups in total. The Hall–Kier alpha value is -1.29. The maximum Gasteiger partial charge on any atom is 0.345 e. The molecule has 0 spiro atoms. The summed E-state index contributed by atoms with van der Waals surface area (Å²) in [4.78, 5) is 15.5. The highest BCUT2D eigenvalue weighted by atomic mass is 32.2. The average Bonchev–Trinajstić information content (AvgIpc) is 2.98. The van der Waals surface area contributed by atoms with E-state index in [1.165, 1.54) is 28.8 Å². The van der Waals surface area contributed by atoms with Gasteiger partial charge in [0.1, 0.15) is 4.88 Å². The molecule has 20 heavy (non-hydrogen) atoms. The van der Waals surface area contributed by atoms with E-state index < -0.39 is 16.0 Å². The van der Waals surface area contributed by atoms with E-state index in [4.69, 9.17) is 5.11 Å². The molecule has 0 unspecified atom stereocenters. The number of carboxylic acid groups (broad SMARTS) is 1. The molecule has 0 atom stereocenters. The lowest BCUT2D eigenvalue weighted by Gasteiger charge is -2.15. The highest BCUT2D eigenvalue weighted by Crippen LogP contribution is 2.28. The molecular formula is C11H12N2O4S3. The van der Waals surface area contributed by atoms with Crippen LogP contribution in [0.1, 0.15) is 20.2 Å². The Kier molecular flexibility index (Phi) is 4.23. The summed E-state index contributed by atoms with van der Waals surface area (Å²) in [6.45, 7) is 1.75. The quantitative estimate of drug-likeness (QED) is 0.905. The van der Waals surface area contributed by atoms with E-state index in [2.05, 4.69) is 4.98 Å². The smallest absolute Gasteiger partial charge is 0.345 e. The van der Waals surface area contributed by atoms with Crippen LogP contribution in [-0.2, 0) is 16.6 Å². The Morgan fingerprint density at radius 2 is 2.20 bits per heavy atom. The topological polar surface area (TPSA) is 87.6 Å². The Balaban J connectivity index is 2.32. The van der Waals surface area contributed by atoms with E-state index in [0.29, 0.717) is 10.6 Å². The van der Waals surface area contributed by atoms with E-state index in [1.54, 1.807) is 17.8 Å². The lowest BCUT2D eigenvalue weighted by Crippen LogP contribution is -2.26. The third-order valence-electron chi connectivity index (χ3n) is 2.64. The van der Waals surface area contributed by atoms with Gasteiger partial charge in [0.2, 0.25) is 10.0 Å². The molecule has 0 saturated carbocycles. The first-order chi connectivity index (χ1) is 9.32. The van der Waals surface area contributed by atoms with Crippen molar-refractivity contribution in [3.8, 4) is 0 Å². The van der Waals surface area contributed by atoms with Crippen molar-refractivity contribution >= 4 is 38.7 Å². The first-order valence-electron chi connectivity index (χ1n) is 5.49. The minimum Gasteiger partial charge on any atom is -0.477 e. The predicted octanol–water partition coefficient (Wildman–Crippen LogP) is 2.03. The molecule has 0 amide bonds. The molecule has 0 radical (unpaired) electrons. The number of sulfonamides is 1. The van der Waals surface area contributed by atoms with Gasteiger partial charge in [-0.25, -0.2) is 18.2 Å². The number of rotatable bonds is 5. The average molecular weight is 332 g/mol. The van der Waals surface area contributed by atoms with Gasteiger partial charge in [0.25, 0.3) is 0 Å². The standard InChI is InChI=1S/C11H12N2O4S3/c1-7-10(3-9(19-7)11(14)15)20(16,17)13(2)4-8-5-18-6-12-8/h3,5-6H,4H2,1-2H3,(H,14,15). The third-order valence-corrected chi connectivity index (χ3v) is 6.37. The van der Waals surface area contributed by atoms with Gasteiger partial charge in [-0.1, -0.05) is 0 Å². The van der Waals surface area contributed by atoms with Crippen molar-refractivity contribution in [2.75, 3.05) is 7.05 Å². The van der Waals surface area contributed by atoms with Gasteiger partial charge in [-0.3, -0.25) is 0 Å². The van der Waals surface area contributed by atoms with Gasteiger partial charge in [-0.15, -0.1) is 22.7 Å². The Morgan fingerprint density at radius 1 is 1.50 bits per heavy atom. The maximum absolute atomic E-state index is 12.4. The second-order valence-corrected chi connectivity index (χ2v) is 8.07. The van der Waals surface area contributed by atoms with E-state index in [-0.39, 0.29) is 16.3 Å². The Morgan fingerprint density at radius 3 is 2.70 bits per heavy atom. The zero-order chi connectivity index (χ0) is 14.9. The number of carboxylic acids is 1. The summed E-state index contributed by atoms with van der Waals surface area (Å²) in [5, 5.41) is 10.7. The molecule has 108 valence electrons. The molecule has 9 heteroatoms. The predicted molar refractivity (Wildman–Crippen MR) is 76.8 cm³/mol. The molecule has 0 aliphatic heterocycles. The fraction of sp³-hybridized carbons (Fsp3) is 0.273. The highest BCUT2D eigenvalue weighted by molar-refractivity contribution is 7.89. The fourth-order valence-corrected chi connectivity index (χ4v) is 4.71. The van der Waals surface area contributed by atoms with Gasteiger partial charge in [-0.2, -0.15) is 4.31 Å². The van der Waals surface area contributed by atoms with Crippen LogP contribution in [0.15, 0.2) is 21.9 Å². The van der Waals surface area contributed by atoms with E-state index in [0.717, 1.165) is 11.3 Å². The van der Waals surface area contributed by atoms with Crippen LogP contribution in [0.3, 0.4) is 0 Å². The van der Waals surface area contributed by atoms with Gasteiger partial charge < -0.3 is 5.11 Å². The number of nitrogens with zero attached hydrogens (tertiary/aromatic N) is 2. The summed E-state index contributed by atoms with van der Waals surface area (Å²) >= 11 is 2.35. The first kappa shape index (κ1) is 15.1. The van der Waals surface area contributed by atoms with Gasteiger partial charge in [0.15, 0.2) is 0 Å². The maximum atomic E-state index is 12.4. The van der Waals surface area contributed by atoms with Crippen LogP contribution in [-0.4, -0.2) is 35.8 Å². The van der Waals surface area contributed by atoms with Crippen molar-refractivity contribution in [3.05, 3.63) is 32.4 Å². The fourth-order valence-electron chi connectivity index (χ4n) is 1.62. The van der Waals surface area contributed by atoms with E-state index in [9.17, 15) is 13.2 Å². The van der Waals surface area contributed by atoms with Crippen LogP contribution < -0.4 is 0 Å². The number of hydrogen-bond donors (Lipinski definition) is 1. The minimum atomic E-state index is -3.71. The summed E-state index contributed by atoms with van der Waals surface area (Å²) in [5.41, 5.74) is 2.29. The molecule has 0 aromatic carbocycles. The lowest BCUT2D eigenvalue weighted by molar-refractivity contribution is 0.0702. The first-order valence-corrected chi connectivity index (χ1v) is 8.69. The Labute approximate surface area is 124 Å². The Bertz CT molecular complexity index is 719. The number of hydrogen-bond acceptors (Lipinski definition) is 6. The summed E-state index contributed by atoms with van der Waals surface area (Å²) in [6, 6.07) is 1.20. The van der Waals surface area contributed by atoms with Crippen molar-refractivity contribution in [1.29, 1.82) is 0 Å². The minimum absolute atomic E-state index is 0.0168. The highest BCUT2D eigenvalue weighted by Gasteiger charge is 2.26. The number of aromatic carboxylic acids is 1. The summed E-state index contributed by atoms with van der Waals surface area (Å²) in [5.74, 6) is -1.12. The van der Waals surface area contributed by atoms with Crippen molar-refractivity contribution in [2.45, 2.75) is 18.4 Å². The third kappa shape index (κ3) is 2.90. The van der Waals surface area contributed by atoms with Gasteiger partial charge in [-0.05, 0) is 13.0 Å². The molecule has 0 aliphatic rings. The van der Waals surface area contributed by atoms with Gasteiger partial charge in [0.05, 0.1) is 22.6 Å². The van der Waals surface area contributed by atoms with Crippen molar-refractivity contribution in [3.63, 3.8) is 0 Å². The van der Waals surface area contributed by atoms with Crippen LogP contribution >= 0.6 is 22.7 Å². The van der Waals surface area contributed by atoms with Crippen LogP contribution in [0, 0.1) is 6.92 Å². The lowest BCUT2D eigenvalue weighted by atomic mass is 10.4. The van der Waals surface area contributed by atoms with Crippen LogP contribution in [0.2, 0.25) is 0 Å². The van der Waals surface area contributed by atoms with Crippen molar-refractivity contribution in [1.82, 2.24) is 9.29 Å².